The van der Waals surface area contributed by atoms with Gasteiger partial charge >= 0.3 is 0 Å². The molecule has 0 saturated heterocycles. The number of aliphatic carboxylic acids is 1. The van der Waals surface area contributed by atoms with E-state index in [0.29, 0.717) is 0 Å². The summed E-state index contributed by atoms with van der Waals surface area (Å²) in [4.78, 5) is 9.00. The van der Waals surface area contributed by atoms with Crippen molar-refractivity contribution < 1.29 is 9.90 Å². The molecule has 0 spiro atoms. The minimum absolute atomic E-state index is 0.833. The Morgan fingerprint density at radius 1 is 1.43 bits per heavy atom. The highest BCUT2D eigenvalue weighted by molar-refractivity contribution is 5.62. The molecule has 0 fully saturated rings. The van der Waals surface area contributed by atoms with Crippen molar-refractivity contribution in [3.05, 3.63) is 12.2 Å². The fourth-order valence-electron chi connectivity index (χ4n) is 0.825. The Morgan fingerprint density at radius 2 is 2.00 bits per heavy atom. The van der Waals surface area contributed by atoms with Crippen LogP contribution in [-0.4, -0.2) is 11.1 Å². The van der Waals surface area contributed by atoms with Crippen molar-refractivity contribution in [2.75, 3.05) is 0 Å². The molecular weight excluding hydrogens is 178 g/mol. The van der Waals surface area contributed by atoms with Crippen LogP contribution in [0.4, 0.5) is 0 Å². The predicted molar refractivity (Wildman–Crippen MR) is 56.8 cm³/mol. The number of rotatable bonds is 5. The third-order valence-electron chi connectivity index (χ3n) is 1.42. The molecule has 0 aliphatic carbocycles. The Hall–Kier alpha value is -1.30. The van der Waals surface area contributed by atoms with E-state index in [9.17, 15) is 0 Å². The van der Waals surface area contributed by atoms with Crippen LogP contribution in [0.3, 0.4) is 0 Å². The largest absolute Gasteiger partial charge is 0.481 e. The highest BCUT2D eigenvalue weighted by Crippen LogP contribution is 2.02. The molecule has 0 rings (SSSR count). The summed E-state index contributed by atoms with van der Waals surface area (Å²) < 4.78 is 0. The Morgan fingerprint density at radius 3 is 2.43 bits per heavy atom. The third-order valence-corrected chi connectivity index (χ3v) is 1.42. The van der Waals surface area contributed by atoms with E-state index in [1.165, 1.54) is 25.7 Å². The number of nitrogens with zero attached hydrogens (tertiary/aromatic N) is 1. The van der Waals surface area contributed by atoms with E-state index in [-0.39, 0.29) is 0 Å². The van der Waals surface area contributed by atoms with E-state index in [1.54, 1.807) is 6.08 Å². The normalized spacial score (nSPS) is 8.93. The SMILES string of the molecule is CC(=O)O.CCCCCCC=CC#N. The molecule has 80 valence electrons. The molecule has 0 radical (unpaired) electrons. The first-order valence-corrected chi connectivity index (χ1v) is 4.89. The Kier molecular flexibility index (Phi) is 15.4. The second-order valence-electron chi connectivity index (χ2n) is 2.90. The van der Waals surface area contributed by atoms with Gasteiger partial charge in [0, 0.05) is 13.0 Å². The maximum atomic E-state index is 9.00. The number of carbonyl (C=O) groups is 1. The summed E-state index contributed by atoms with van der Waals surface area (Å²) in [6, 6.07) is 1.98. The fraction of sp³-hybridized carbons (Fsp3) is 0.636. The van der Waals surface area contributed by atoms with Crippen LogP contribution in [0.25, 0.3) is 0 Å². The molecule has 0 bridgehead atoms. The molecule has 0 aliphatic heterocycles. The van der Waals surface area contributed by atoms with E-state index in [2.05, 4.69) is 6.92 Å². The quantitative estimate of drug-likeness (QED) is 0.544. The van der Waals surface area contributed by atoms with Gasteiger partial charge in [-0.1, -0.05) is 32.3 Å². The van der Waals surface area contributed by atoms with Crippen LogP contribution in [0.1, 0.15) is 46.0 Å². The molecule has 1 N–H and O–H groups in total. The Balaban J connectivity index is 0. The summed E-state index contributed by atoms with van der Waals surface area (Å²) >= 11 is 0. The first-order valence-electron chi connectivity index (χ1n) is 4.89. The van der Waals surface area contributed by atoms with E-state index < -0.39 is 5.97 Å². The zero-order valence-corrected chi connectivity index (χ0v) is 8.99. The van der Waals surface area contributed by atoms with Crippen LogP contribution >= 0.6 is 0 Å². The Labute approximate surface area is 86.1 Å². The smallest absolute Gasteiger partial charge is 0.300 e. The van der Waals surface area contributed by atoms with Crippen molar-refractivity contribution in [3.8, 4) is 6.07 Å². The molecule has 0 amide bonds. The van der Waals surface area contributed by atoms with Crippen molar-refractivity contribution in [2.45, 2.75) is 46.0 Å². The van der Waals surface area contributed by atoms with E-state index in [1.807, 2.05) is 12.1 Å². The van der Waals surface area contributed by atoms with Gasteiger partial charge in [0.05, 0.1) is 6.07 Å². The number of allylic oxidation sites excluding steroid dienone is 2. The van der Waals surface area contributed by atoms with Crippen molar-refractivity contribution >= 4 is 5.97 Å². The summed E-state index contributed by atoms with van der Waals surface area (Å²) in [5.41, 5.74) is 0. The number of nitriles is 1. The topological polar surface area (TPSA) is 61.1 Å². The molecule has 0 aromatic carbocycles. The summed E-state index contributed by atoms with van der Waals surface area (Å²) in [7, 11) is 0. The van der Waals surface area contributed by atoms with Crippen molar-refractivity contribution in [2.24, 2.45) is 0 Å². The summed E-state index contributed by atoms with van der Waals surface area (Å²) in [6.07, 6.45) is 9.69. The lowest BCUT2D eigenvalue weighted by atomic mass is 10.1. The zero-order valence-electron chi connectivity index (χ0n) is 8.99. The van der Waals surface area contributed by atoms with Crippen LogP contribution in [0.5, 0.6) is 0 Å². The average Bonchev–Trinajstić information content (AvgIpc) is 2.10. The molecule has 14 heavy (non-hydrogen) atoms. The van der Waals surface area contributed by atoms with Gasteiger partial charge in [0.1, 0.15) is 0 Å². The molecule has 0 atom stereocenters. The van der Waals surface area contributed by atoms with E-state index in [4.69, 9.17) is 15.2 Å². The lowest BCUT2D eigenvalue weighted by Crippen LogP contribution is -1.78. The minimum atomic E-state index is -0.833. The standard InChI is InChI=1S/C9H15N.C2H4O2/c1-2-3-4-5-6-7-8-9-10;1-2(3)4/h7-8H,2-6H2,1H3;1H3,(H,3,4). The predicted octanol–water partition coefficient (Wildman–Crippen LogP) is 3.13. The number of hydrogen-bond donors (Lipinski definition) is 1. The van der Waals surface area contributed by atoms with E-state index >= 15 is 0 Å². The summed E-state index contributed by atoms with van der Waals surface area (Å²) in [6.45, 7) is 3.28. The van der Waals surface area contributed by atoms with Gasteiger partial charge in [0.2, 0.25) is 0 Å². The summed E-state index contributed by atoms with van der Waals surface area (Å²) in [5.74, 6) is -0.833. The molecule has 0 aromatic rings. The van der Waals surface area contributed by atoms with Gasteiger partial charge < -0.3 is 5.11 Å². The highest BCUT2D eigenvalue weighted by Gasteiger charge is 1.82. The van der Waals surface area contributed by atoms with Gasteiger partial charge in [0.15, 0.2) is 0 Å². The molecule has 0 saturated carbocycles. The lowest BCUT2D eigenvalue weighted by Gasteiger charge is -1.92. The van der Waals surface area contributed by atoms with Gasteiger partial charge in [-0.05, 0) is 12.8 Å². The highest BCUT2D eigenvalue weighted by atomic mass is 16.4. The number of unbranched alkanes of at least 4 members (excludes halogenated alkanes) is 4. The number of hydrogen-bond acceptors (Lipinski definition) is 2. The number of carboxylic acid groups (broad SMARTS) is 1. The maximum absolute atomic E-state index is 9.00. The summed E-state index contributed by atoms with van der Waals surface area (Å²) in [5, 5.41) is 15.5. The molecule has 0 heterocycles. The van der Waals surface area contributed by atoms with Crippen LogP contribution in [0.2, 0.25) is 0 Å². The van der Waals surface area contributed by atoms with Crippen LogP contribution < -0.4 is 0 Å². The van der Waals surface area contributed by atoms with Crippen molar-refractivity contribution in [3.63, 3.8) is 0 Å². The van der Waals surface area contributed by atoms with Gasteiger partial charge in [-0.25, -0.2) is 0 Å². The van der Waals surface area contributed by atoms with Gasteiger partial charge in [-0.15, -0.1) is 0 Å². The second kappa shape index (κ2) is 14.2. The van der Waals surface area contributed by atoms with Gasteiger partial charge in [-0.2, -0.15) is 5.26 Å². The van der Waals surface area contributed by atoms with Gasteiger partial charge in [0.25, 0.3) is 5.97 Å². The number of carboxylic acids is 1. The first-order chi connectivity index (χ1) is 6.65. The molecule has 0 aromatic heterocycles. The van der Waals surface area contributed by atoms with Crippen LogP contribution in [0.15, 0.2) is 12.2 Å². The Bertz CT molecular complexity index is 188. The maximum Gasteiger partial charge on any atom is 0.300 e. The van der Waals surface area contributed by atoms with E-state index in [0.717, 1.165) is 13.3 Å². The third kappa shape index (κ3) is 31.0. The monoisotopic (exact) mass is 197 g/mol. The van der Waals surface area contributed by atoms with Crippen molar-refractivity contribution in [1.29, 1.82) is 5.26 Å². The van der Waals surface area contributed by atoms with Crippen LogP contribution in [0, 0.1) is 11.3 Å². The molecule has 0 aliphatic rings. The molecule has 3 nitrogen and oxygen atoms in total. The molecule has 0 unspecified atom stereocenters. The first kappa shape index (κ1) is 15.2. The average molecular weight is 197 g/mol. The van der Waals surface area contributed by atoms with Gasteiger partial charge in [-0.3, -0.25) is 4.79 Å². The zero-order chi connectivity index (χ0) is 11.2. The second-order valence-corrected chi connectivity index (χ2v) is 2.90. The fourth-order valence-corrected chi connectivity index (χ4v) is 0.825. The lowest BCUT2D eigenvalue weighted by molar-refractivity contribution is -0.134. The van der Waals surface area contributed by atoms with Crippen molar-refractivity contribution in [1.82, 2.24) is 0 Å². The van der Waals surface area contributed by atoms with Crippen LogP contribution in [-0.2, 0) is 4.79 Å². The molecular formula is C11H19NO2. The molecule has 3 heteroatoms. The minimum Gasteiger partial charge on any atom is -0.481 e.